The molecule has 0 N–H and O–H groups in total. The molecular weight excluding hydrogens is 415 g/mol. The molecule has 0 saturated heterocycles. The molecule has 11 heteroatoms. The second-order valence-corrected chi connectivity index (χ2v) is 14.0. The highest BCUT2D eigenvalue weighted by Gasteiger charge is 2.49. The quantitative estimate of drug-likeness (QED) is 0.395. The van der Waals surface area contributed by atoms with Crippen LogP contribution in [0.1, 0.15) is 12.0 Å². The summed E-state index contributed by atoms with van der Waals surface area (Å²) >= 11 is 0. The van der Waals surface area contributed by atoms with Gasteiger partial charge in [-0.25, -0.2) is 4.79 Å². The number of alkyl halides is 3. The monoisotopic (exact) mass is 437 g/mol. The number of halogens is 3. The van der Waals surface area contributed by atoms with Crippen LogP contribution in [0.5, 0.6) is 0 Å². The average Bonchev–Trinajstić information content (AvgIpc) is 2.58. The SMILES string of the molecule is C[Si](C)(C)C1=C(OS(=O)(=O)C(F)(F)F)CCN(C(=O)OCc2ccccc2)C1. The molecule has 0 saturated carbocycles. The van der Waals surface area contributed by atoms with Gasteiger partial charge in [0.2, 0.25) is 0 Å². The van der Waals surface area contributed by atoms with E-state index in [1.165, 1.54) is 4.90 Å². The van der Waals surface area contributed by atoms with Crippen molar-refractivity contribution in [3.8, 4) is 0 Å². The lowest BCUT2D eigenvalue weighted by Crippen LogP contribution is -2.44. The minimum Gasteiger partial charge on any atom is -0.445 e. The number of hydrogen-bond acceptors (Lipinski definition) is 5. The fourth-order valence-electron chi connectivity index (χ4n) is 2.64. The molecule has 156 valence electrons. The molecule has 28 heavy (non-hydrogen) atoms. The first kappa shape index (κ1) is 22.3. The van der Waals surface area contributed by atoms with Crippen molar-refractivity contribution in [2.75, 3.05) is 13.1 Å². The Morgan fingerprint density at radius 1 is 1.18 bits per heavy atom. The summed E-state index contributed by atoms with van der Waals surface area (Å²) in [5, 5.41) is 0.434. The highest BCUT2D eigenvalue weighted by Crippen LogP contribution is 2.33. The number of rotatable bonds is 5. The second kappa shape index (κ2) is 8.16. The van der Waals surface area contributed by atoms with Crippen molar-refractivity contribution in [3.63, 3.8) is 0 Å². The molecule has 0 radical (unpaired) electrons. The van der Waals surface area contributed by atoms with Gasteiger partial charge in [0.15, 0.2) is 0 Å². The van der Waals surface area contributed by atoms with Crippen LogP contribution < -0.4 is 0 Å². The Balaban J connectivity index is 2.15. The molecule has 0 bridgehead atoms. The van der Waals surface area contributed by atoms with E-state index in [2.05, 4.69) is 4.18 Å². The minimum absolute atomic E-state index is 0.00428. The largest absolute Gasteiger partial charge is 0.534 e. The molecule has 0 fully saturated rings. The number of hydrogen-bond donors (Lipinski definition) is 0. The van der Waals surface area contributed by atoms with Gasteiger partial charge in [0, 0.05) is 19.5 Å². The zero-order chi connectivity index (χ0) is 21.2. The zero-order valence-electron chi connectivity index (χ0n) is 15.7. The molecule has 0 atom stereocenters. The van der Waals surface area contributed by atoms with E-state index in [-0.39, 0.29) is 31.9 Å². The van der Waals surface area contributed by atoms with Crippen LogP contribution in [0.4, 0.5) is 18.0 Å². The lowest BCUT2D eigenvalue weighted by Gasteiger charge is -2.34. The van der Waals surface area contributed by atoms with Crippen LogP contribution in [-0.2, 0) is 25.6 Å². The smallest absolute Gasteiger partial charge is 0.445 e. The Bertz CT molecular complexity index is 848. The second-order valence-electron chi connectivity index (χ2n) is 7.35. The predicted octanol–water partition coefficient (Wildman–Crippen LogP) is 4.03. The van der Waals surface area contributed by atoms with Gasteiger partial charge in [-0.1, -0.05) is 50.0 Å². The van der Waals surface area contributed by atoms with Gasteiger partial charge in [-0.2, -0.15) is 21.6 Å². The molecule has 0 spiro atoms. The number of carbonyl (C=O) groups is 1. The lowest BCUT2D eigenvalue weighted by atomic mass is 10.2. The highest BCUT2D eigenvalue weighted by molar-refractivity contribution is 7.87. The minimum atomic E-state index is -5.74. The summed E-state index contributed by atoms with van der Waals surface area (Å²) in [4.78, 5) is 13.7. The fourth-order valence-corrected chi connectivity index (χ4v) is 4.93. The van der Waals surface area contributed by atoms with E-state index in [0.717, 1.165) is 5.56 Å². The maximum absolute atomic E-state index is 12.7. The molecule has 1 aromatic carbocycles. The van der Waals surface area contributed by atoms with Crippen LogP contribution in [0.15, 0.2) is 41.3 Å². The van der Waals surface area contributed by atoms with E-state index in [9.17, 15) is 26.4 Å². The zero-order valence-corrected chi connectivity index (χ0v) is 17.6. The molecular formula is C17H22F3NO5SSi. The van der Waals surface area contributed by atoms with Gasteiger partial charge in [-0.15, -0.1) is 0 Å². The number of nitrogens with zero attached hydrogens (tertiary/aromatic N) is 1. The molecule has 0 aromatic heterocycles. The van der Waals surface area contributed by atoms with Gasteiger partial charge in [0.1, 0.15) is 12.4 Å². The van der Waals surface area contributed by atoms with E-state index in [1.807, 2.05) is 25.7 Å². The van der Waals surface area contributed by atoms with Crippen molar-refractivity contribution in [2.45, 2.75) is 38.2 Å². The predicted molar refractivity (Wildman–Crippen MR) is 99.2 cm³/mol. The Labute approximate surface area is 163 Å². The lowest BCUT2D eigenvalue weighted by molar-refractivity contribution is -0.0525. The molecule has 1 aromatic rings. The van der Waals surface area contributed by atoms with E-state index in [1.54, 1.807) is 24.3 Å². The third-order valence-corrected chi connectivity index (χ3v) is 7.39. The van der Waals surface area contributed by atoms with Gasteiger partial charge in [0.05, 0.1) is 8.07 Å². The van der Waals surface area contributed by atoms with Crippen LogP contribution in [0, 0.1) is 0 Å². The summed E-state index contributed by atoms with van der Waals surface area (Å²) in [6.45, 7) is 5.56. The van der Waals surface area contributed by atoms with Crippen LogP contribution in [0.3, 0.4) is 0 Å². The first-order valence-corrected chi connectivity index (χ1v) is 13.4. The highest BCUT2D eigenvalue weighted by atomic mass is 32.2. The van der Waals surface area contributed by atoms with Crippen molar-refractivity contribution in [1.29, 1.82) is 0 Å². The van der Waals surface area contributed by atoms with Crippen LogP contribution in [0.2, 0.25) is 19.6 Å². The summed E-state index contributed by atoms with van der Waals surface area (Å²) in [6.07, 6.45) is -0.743. The van der Waals surface area contributed by atoms with Crippen molar-refractivity contribution in [1.82, 2.24) is 4.90 Å². The molecule has 0 unspecified atom stereocenters. The standard InChI is InChI=1S/C17H22F3NO5SSi/c1-28(2,3)15-11-21(16(22)25-12-13-7-5-4-6-8-13)10-9-14(15)26-27(23,24)17(18,19)20/h4-8H,9-12H2,1-3H3. The van der Waals surface area contributed by atoms with E-state index >= 15 is 0 Å². The molecule has 6 nitrogen and oxygen atoms in total. The Hall–Kier alpha value is -2.01. The van der Waals surface area contributed by atoms with Gasteiger partial charge in [-0.3, -0.25) is 0 Å². The third-order valence-electron chi connectivity index (χ3n) is 4.16. The number of benzene rings is 1. The molecule has 1 amide bonds. The maximum Gasteiger partial charge on any atom is 0.534 e. The topological polar surface area (TPSA) is 72.9 Å². The third kappa shape index (κ3) is 5.50. The van der Waals surface area contributed by atoms with Crippen molar-refractivity contribution >= 4 is 24.3 Å². The van der Waals surface area contributed by atoms with Crippen LogP contribution in [0.25, 0.3) is 0 Å². The Kier molecular flexibility index (Phi) is 6.49. The maximum atomic E-state index is 12.7. The molecule has 1 aliphatic rings. The summed E-state index contributed by atoms with van der Waals surface area (Å²) in [7, 11) is -8.02. The van der Waals surface area contributed by atoms with Crippen molar-refractivity contribution < 1.29 is 35.3 Å². The fraction of sp³-hybridized carbons (Fsp3) is 0.471. The summed E-state index contributed by atoms with van der Waals surface area (Å²) in [6, 6.07) is 9.04. The Morgan fingerprint density at radius 2 is 1.79 bits per heavy atom. The molecule has 0 aliphatic carbocycles. The van der Waals surface area contributed by atoms with Gasteiger partial charge in [0.25, 0.3) is 0 Å². The number of carbonyl (C=O) groups excluding carboxylic acids is 1. The first-order chi connectivity index (χ1) is 12.8. The van der Waals surface area contributed by atoms with Gasteiger partial charge >= 0.3 is 21.7 Å². The van der Waals surface area contributed by atoms with E-state index in [0.29, 0.717) is 5.20 Å². The molecule has 1 heterocycles. The van der Waals surface area contributed by atoms with Gasteiger partial charge < -0.3 is 13.8 Å². The number of ether oxygens (including phenoxy) is 1. The number of amides is 1. The molecule has 1 aliphatic heterocycles. The van der Waals surface area contributed by atoms with Crippen molar-refractivity contribution in [3.05, 3.63) is 46.9 Å². The first-order valence-electron chi connectivity index (χ1n) is 8.50. The normalized spacial score (nSPS) is 16.1. The van der Waals surface area contributed by atoms with Crippen molar-refractivity contribution in [2.24, 2.45) is 0 Å². The summed E-state index contributed by atoms with van der Waals surface area (Å²) < 4.78 is 70.5. The summed E-state index contributed by atoms with van der Waals surface area (Å²) in [5.41, 5.74) is -4.70. The average molecular weight is 438 g/mol. The van der Waals surface area contributed by atoms with E-state index < -0.39 is 29.8 Å². The molecule has 2 rings (SSSR count). The van der Waals surface area contributed by atoms with Crippen LogP contribution >= 0.6 is 0 Å². The summed E-state index contributed by atoms with van der Waals surface area (Å²) in [5.74, 6) is -0.219. The Morgan fingerprint density at radius 3 is 2.32 bits per heavy atom. The van der Waals surface area contributed by atoms with Crippen LogP contribution in [-0.4, -0.2) is 46.1 Å². The van der Waals surface area contributed by atoms with E-state index in [4.69, 9.17) is 4.74 Å². The van der Waals surface area contributed by atoms with Gasteiger partial charge in [-0.05, 0) is 10.8 Å².